The van der Waals surface area contributed by atoms with Gasteiger partial charge in [-0.2, -0.15) is 0 Å². The Morgan fingerprint density at radius 2 is 2.11 bits per heavy atom. The van der Waals surface area contributed by atoms with E-state index in [0.29, 0.717) is 28.8 Å². The van der Waals surface area contributed by atoms with E-state index in [1.165, 1.54) is 7.11 Å². The quantitative estimate of drug-likeness (QED) is 0.616. The first-order chi connectivity index (χ1) is 8.69. The molecule has 0 aliphatic heterocycles. The summed E-state index contributed by atoms with van der Waals surface area (Å²) in [6.07, 6.45) is 2.90. The minimum Gasteiger partial charge on any atom is -0.496 e. The van der Waals surface area contributed by atoms with Crippen molar-refractivity contribution in [3.05, 3.63) is 28.8 Å². The zero-order chi connectivity index (χ0) is 13.4. The Hall–Kier alpha value is -0.930. The van der Waals surface area contributed by atoms with Crippen LogP contribution >= 0.6 is 23.2 Å². The van der Waals surface area contributed by atoms with E-state index in [2.05, 4.69) is 5.32 Å². The monoisotopic (exact) mass is 289 g/mol. The number of alkyl halides is 1. The van der Waals surface area contributed by atoms with Crippen LogP contribution in [0.5, 0.6) is 5.75 Å². The molecule has 1 rings (SSSR count). The summed E-state index contributed by atoms with van der Waals surface area (Å²) < 4.78 is 5.13. The Morgan fingerprint density at radius 1 is 1.33 bits per heavy atom. The standard InChI is InChI=1S/C13H17Cl2NO2/c1-18-12-6-5-10(15)9-11(12)13(17)16-8-4-2-3-7-14/h5-6,9H,2-4,7-8H2,1H3,(H,16,17). The molecule has 0 heterocycles. The first kappa shape index (κ1) is 15.1. The summed E-state index contributed by atoms with van der Waals surface area (Å²) in [7, 11) is 1.53. The van der Waals surface area contributed by atoms with E-state index in [4.69, 9.17) is 27.9 Å². The molecule has 5 heteroatoms. The van der Waals surface area contributed by atoms with Gasteiger partial charge >= 0.3 is 0 Å². The van der Waals surface area contributed by atoms with Gasteiger partial charge < -0.3 is 10.1 Å². The Balaban J connectivity index is 2.52. The average Bonchev–Trinajstić information content (AvgIpc) is 2.38. The Labute approximate surface area is 117 Å². The van der Waals surface area contributed by atoms with E-state index in [1.54, 1.807) is 18.2 Å². The molecule has 18 heavy (non-hydrogen) atoms. The maximum atomic E-state index is 11.9. The van der Waals surface area contributed by atoms with Gasteiger partial charge in [-0.25, -0.2) is 0 Å². The second-order valence-corrected chi connectivity index (χ2v) is 4.66. The summed E-state index contributed by atoms with van der Waals surface area (Å²) >= 11 is 11.4. The average molecular weight is 290 g/mol. The normalized spacial score (nSPS) is 10.2. The molecule has 0 unspecified atom stereocenters. The molecular formula is C13H17Cl2NO2. The van der Waals surface area contributed by atoms with Crippen molar-refractivity contribution in [2.24, 2.45) is 0 Å². The summed E-state index contributed by atoms with van der Waals surface area (Å²) in [6, 6.07) is 4.98. The molecule has 0 fully saturated rings. The van der Waals surface area contributed by atoms with Gasteiger partial charge in [-0.05, 0) is 31.0 Å². The van der Waals surface area contributed by atoms with Crippen LogP contribution in [0.1, 0.15) is 29.6 Å². The zero-order valence-electron chi connectivity index (χ0n) is 10.3. The second kappa shape index (κ2) is 8.22. The predicted molar refractivity (Wildman–Crippen MR) is 74.9 cm³/mol. The highest BCUT2D eigenvalue weighted by molar-refractivity contribution is 6.31. The van der Waals surface area contributed by atoms with Crippen molar-refractivity contribution < 1.29 is 9.53 Å². The van der Waals surface area contributed by atoms with Gasteiger partial charge in [0.05, 0.1) is 12.7 Å². The van der Waals surface area contributed by atoms with Crippen LogP contribution in [-0.4, -0.2) is 25.4 Å². The molecule has 1 aromatic rings. The van der Waals surface area contributed by atoms with Gasteiger partial charge in [0.2, 0.25) is 0 Å². The van der Waals surface area contributed by atoms with Crippen molar-refractivity contribution in [2.75, 3.05) is 19.5 Å². The van der Waals surface area contributed by atoms with Crippen molar-refractivity contribution in [1.29, 1.82) is 0 Å². The maximum absolute atomic E-state index is 11.9. The number of hydrogen-bond acceptors (Lipinski definition) is 2. The van der Waals surface area contributed by atoms with Gasteiger partial charge in [0.1, 0.15) is 5.75 Å². The Morgan fingerprint density at radius 3 is 2.78 bits per heavy atom. The molecular weight excluding hydrogens is 273 g/mol. The van der Waals surface area contributed by atoms with Crippen molar-refractivity contribution in [1.82, 2.24) is 5.32 Å². The second-order valence-electron chi connectivity index (χ2n) is 3.85. The highest BCUT2D eigenvalue weighted by Gasteiger charge is 2.11. The largest absolute Gasteiger partial charge is 0.496 e. The fourth-order valence-corrected chi connectivity index (χ4v) is 1.91. The number of rotatable bonds is 7. The lowest BCUT2D eigenvalue weighted by Crippen LogP contribution is -2.24. The molecule has 0 saturated heterocycles. The van der Waals surface area contributed by atoms with Crippen LogP contribution in [0.15, 0.2) is 18.2 Å². The lowest BCUT2D eigenvalue weighted by atomic mass is 10.2. The van der Waals surface area contributed by atoms with E-state index < -0.39 is 0 Å². The van der Waals surface area contributed by atoms with Gasteiger partial charge in [-0.15, -0.1) is 11.6 Å². The van der Waals surface area contributed by atoms with Gasteiger partial charge in [0.15, 0.2) is 0 Å². The third-order valence-corrected chi connectivity index (χ3v) is 3.00. The van der Waals surface area contributed by atoms with Crippen LogP contribution in [0.2, 0.25) is 5.02 Å². The molecule has 3 nitrogen and oxygen atoms in total. The van der Waals surface area contributed by atoms with Crippen molar-refractivity contribution in [3.8, 4) is 5.75 Å². The number of carbonyl (C=O) groups excluding carboxylic acids is 1. The van der Waals surface area contributed by atoms with Crippen LogP contribution < -0.4 is 10.1 Å². The van der Waals surface area contributed by atoms with E-state index in [9.17, 15) is 4.79 Å². The molecule has 100 valence electrons. The van der Waals surface area contributed by atoms with E-state index in [0.717, 1.165) is 19.3 Å². The molecule has 0 radical (unpaired) electrons. The highest BCUT2D eigenvalue weighted by atomic mass is 35.5. The molecule has 0 saturated carbocycles. The number of nitrogens with one attached hydrogen (secondary N) is 1. The van der Waals surface area contributed by atoms with Gasteiger partial charge in [0.25, 0.3) is 5.91 Å². The first-order valence-electron chi connectivity index (χ1n) is 5.86. The molecule has 0 aromatic heterocycles. The lowest BCUT2D eigenvalue weighted by Gasteiger charge is -2.09. The SMILES string of the molecule is COc1ccc(Cl)cc1C(=O)NCCCCCCl. The van der Waals surface area contributed by atoms with Crippen molar-refractivity contribution in [2.45, 2.75) is 19.3 Å². The van der Waals surface area contributed by atoms with E-state index in [1.807, 2.05) is 0 Å². The number of carbonyl (C=O) groups is 1. The molecule has 1 amide bonds. The summed E-state index contributed by atoms with van der Waals surface area (Å²) in [5, 5.41) is 3.36. The van der Waals surface area contributed by atoms with Gasteiger partial charge in [0, 0.05) is 17.4 Å². The molecule has 1 aromatic carbocycles. The Bertz CT molecular complexity index is 397. The number of methoxy groups -OCH3 is 1. The topological polar surface area (TPSA) is 38.3 Å². The summed E-state index contributed by atoms with van der Waals surface area (Å²) in [4.78, 5) is 11.9. The lowest BCUT2D eigenvalue weighted by molar-refractivity contribution is 0.0950. The van der Waals surface area contributed by atoms with Crippen LogP contribution in [0.3, 0.4) is 0 Å². The maximum Gasteiger partial charge on any atom is 0.255 e. The number of hydrogen-bond donors (Lipinski definition) is 1. The summed E-state index contributed by atoms with van der Waals surface area (Å²) in [5.74, 6) is 1.02. The number of amides is 1. The molecule has 0 atom stereocenters. The Kier molecular flexibility index (Phi) is 6.91. The number of benzene rings is 1. The predicted octanol–water partition coefficient (Wildman–Crippen LogP) is 3.49. The minimum atomic E-state index is -0.166. The van der Waals surface area contributed by atoms with Crippen molar-refractivity contribution in [3.63, 3.8) is 0 Å². The fourth-order valence-electron chi connectivity index (χ4n) is 1.55. The summed E-state index contributed by atoms with van der Waals surface area (Å²) in [6.45, 7) is 0.630. The van der Waals surface area contributed by atoms with Crippen LogP contribution in [0, 0.1) is 0 Å². The van der Waals surface area contributed by atoms with E-state index >= 15 is 0 Å². The minimum absolute atomic E-state index is 0.166. The molecule has 0 aliphatic carbocycles. The van der Waals surface area contributed by atoms with Crippen LogP contribution in [-0.2, 0) is 0 Å². The third kappa shape index (κ3) is 4.75. The van der Waals surface area contributed by atoms with Crippen molar-refractivity contribution >= 4 is 29.1 Å². The highest BCUT2D eigenvalue weighted by Crippen LogP contribution is 2.22. The van der Waals surface area contributed by atoms with Crippen LogP contribution in [0.25, 0.3) is 0 Å². The zero-order valence-corrected chi connectivity index (χ0v) is 11.9. The smallest absolute Gasteiger partial charge is 0.255 e. The molecule has 0 spiro atoms. The fraction of sp³-hybridized carbons (Fsp3) is 0.462. The number of ether oxygens (including phenoxy) is 1. The first-order valence-corrected chi connectivity index (χ1v) is 6.78. The number of unbranched alkanes of at least 4 members (excludes halogenated alkanes) is 2. The third-order valence-electron chi connectivity index (χ3n) is 2.50. The molecule has 0 bridgehead atoms. The summed E-state index contributed by atoms with van der Waals surface area (Å²) in [5.41, 5.74) is 0.461. The van der Waals surface area contributed by atoms with E-state index in [-0.39, 0.29) is 5.91 Å². The molecule has 1 N–H and O–H groups in total. The number of halogens is 2. The van der Waals surface area contributed by atoms with Crippen LogP contribution in [0.4, 0.5) is 0 Å². The molecule has 0 aliphatic rings. The van der Waals surface area contributed by atoms with Gasteiger partial charge in [-0.1, -0.05) is 18.0 Å². The van der Waals surface area contributed by atoms with Gasteiger partial charge in [-0.3, -0.25) is 4.79 Å².